The second kappa shape index (κ2) is 22.3. The van der Waals surface area contributed by atoms with E-state index in [1.54, 1.807) is 77.0 Å². The first-order valence-electron chi connectivity index (χ1n) is 19.3. The number of amides is 2. The molecular weight excluding hydrogens is 950 g/mol. The van der Waals surface area contributed by atoms with Crippen molar-refractivity contribution in [3.05, 3.63) is 164 Å². The zero-order valence-corrected chi connectivity index (χ0v) is 39.1. The van der Waals surface area contributed by atoms with Crippen LogP contribution in [0.4, 0.5) is 11.4 Å². The van der Waals surface area contributed by atoms with Crippen molar-refractivity contribution in [3.63, 3.8) is 0 Å². The highest BCUT2D eigenvalue weighted by atomic mass is 79.9. The van der Waals surface area contributed by atoms with Gasteiger partial charge in [0, 0.05) is 59.9 Å². The summed E-state index contributed by atoms with van der Waals surface area (Å²) in [5, 5.41) is 16.0. The van der Waals surface area contributed by atoms with Gasteiger partial charge in [0.05, 0.1) is 67.9 Å². The maximum Gasteiger partial charge on any atom is 0.261 e. The number of carbonyl (C=O) groups is 2. The van der Waals surface area contributed by atoms with Gasteiger partial charge in [0.15, 0.2) is 11.3 Å². The van der Waals surface area contributed by atoms with Crippen molar-refractivity contribution in [1.29, 1.82) is 0 Å². The number of aryl methyl sites for hydroxylation is 2. The zero-order valence-electron chi connectivity index (χ0n) is 34.5. The van der Waals surface area contributed by atoms with Crippen LogP contribution in [0.1, 0.15) is 32.1 Å². The first kappa shape index (κ1) is 47.1. The van der Waals surface area contributed by atoms with Gasteiger partial charge in [-0.25, -0.2) is 19.3 Å². The maximum absolute atomic E-state index is 13.5. The smallest absolute Gasteiger partial charge is 0.261 e. The highest BCUT2D eigenvalue weighted by molar-refractivity contribution is 9.09. The summed E-state index contributed by atoms with van der Waals surface area (Å²) < 4.78 is 13.3. The number of fused-ring (bicyclic) bond motifs is 2. The quantitative estimate of drug-likeness (QED) is 0.127. The fraction of sp³-hybridized carbons (Fsp3) is 0.174. The first-order valence-corrected chi connectivity index (χ1v) is 22.0. The highest BCUT2D eigenvalue weighted by Gasteiger charge is 2.25. The molecule has 0 aliphatic carbocycles. The molecule has 324 valence electrons. The Labute approximate surface area is 392 Å². The van der Waals surface area contributed by atoms with E-state index in [4.69, 9.17) is 51.1 Å². The average molecular weight is 992 g/mol. The number of hydrogen-bond donors (Lipinski definition) is 1. The molecule has 63 heavy (non-hydrogen) atoms. The van der Waals surface area contributed by atoms with Gasteiger partial charge >= 0.3 is 0 Å². The predicted octanol–water partition coefficient (Wildman–Crippen LogP) is 11.6. The lowest BCUT2D eigenvalue weighted by atomic mass is 10.1. The average Bonchev–Trinajstić information content (AvgIpc) is 3.83. The third-order valence-corrected chi connectivity index (χ3v) is 11.0. The minimum absolute atomic E-state index is 0.273. The van der Waals surface area contributed by atoms with Gasteiger partial charge in [-0.2, -0.15) is 10.2 Å². The molecule has 0 bridgehead atoms. The molecule has 4 aromatic heterocycles. The normalized spacial score (nSPS) is 10.8. The third-order valence-electron chi connectivity index (χ3n) is 9.38. The van der Waals surface area contributed by atoms with Gasteiger partial charge in [-0.3, -0.25) is 9.59 Å². The molecule has 2 amide bonds. The van der Waals surface area contributed by atoms with Crippen LogP contribution >= 0.6 is 62.3 Å². The Bertz CT molecular complexity index is 2810. The van der Waals surface area contributed by atoms with Gasteiger partial charge in [-0.05, 0) is 86.6 Å². The van der Waals surface area contributed by atoms with E-state index in [1.165, 1.54) is 12.4 Å². The molecule has 0 aliphatic rings. The number of methoxy groups -OCH3 is 2. The molecular formula is C46H41BrCl4N8O4. The fourth-order valence-corrected chi connectivity index (χ4v) is 7.61. The number of ether oxygens (including phenoxy) is 2. The molecule has 0 aliphatic heterocycles. The van der Waals surface area contributed by atoms with Crippen LogP contribution in [0.5, 0.6) is 0 Å². The second-order valence-electron chi connectivity index (χ2n) is 13.6. The lowest BCUT2D eigenvalue weighted by Gasteiger charge is -2.23. The Morgan fingerprint density at radius 3 is 1.57 bits per heavy atom. The maximum atomic E-state index is 13.5. The van der Waals surface area contributed by atoms with Gasteiger partial charge in [-0.1, -0.05) is 98.7 Å². The third kappa shape index (κ3) is 11.2. The minimum atomic E-state index is -0.344. The van der Waals surface area contributed by atoms with Crippen molar-refractivity contribution in [3.8, 4) is 11.4 Å². The number of nitrogens with zero attached hydrogens (tertiary/aromatic N) is 7. The van der Waals surface area contributed by atoms with Crippen molar-refractivity contribution < 1.29 is 19.1 Å². The molecule has 0 spiro atoms. The Hall–Kier alpha value is -5.38. The van der Waals surface area contributed by atoms with Crippen molar-refractivity contribution in [2.75, 3.05) is 49.5 Å². The number of aromatic nitrogens is 6. The van der Waals surface area contributed by atoms with Gasteiger partial charge < -0.3 is 19.7 Å². The van der Waals surface area contributed by atoms with Crippen molar-refractivity contribution >= 4 is 108 Å². The number of benzene rings is 4. The lowest BCUT2D eigenvalue weighted by Crippen LogP contribution is -2.34. The number of halogens is 5. The van der Waals surface area contributed by atoms with E-state index in [1.807, 2.05) is 74.5 Å². The summed E-state index contributed by atoms with van der Waals surface area (Å²) in [6.07, 6.45) is 2.97. The van der Waals surface area contributed by atoms with Gasteiger partial charge in [0.25, 0.3) is 11.8 Å². The van der Waals surface area contributed by atoms with E-state index < -0.39 is 0 Å². The largest absolute Gasteiger partial charge is 0.384 e. The van der Waals surface area contributed by atoms with Crippen molar-refractivity contribution in [2.24, 2.45) is 0 Å². The van der Waals surface area contributed by atoms with Crippen LogP contribution in [0.3, 0.4) is 0 Å². The van der Waals surface area contributed by atoms with Gasteiger partial charge in [0.2, 0.25) is 0 Å². The lowest BCUT2D eigenvalue weighted by molar-refractivity contribution is 0.0974. The number of para-hydroxylation sites is 2. The number of hydrogen-bond acceptors (Lipinski definition) is 8. The van der Waals surface area contributed by atoms with Gasteiger partial charge in [0.1, 0.15) is 0 Å². The molecule has 0 atom stereocenters. The van der Waals surface area contributed by atoms with Crippen LogP contribution in [0.25, 0.3) is 33.4 Å². The van der Waals surface area contributed by atoms with Crippen LogP contribution in [0, 0.1) is 13.8 Å². The molecule has 1 N–H and O–H groups in total. The Morgan fingerprint density at radius 2 is 1.11 bits per heavy atom. The van der Waals surface area contributed by atoms with E-state index in [-0.39, 0.29) is 17.4 Å². The molecule has 4 aromatic carbocycles. The molecule has 4 heterocycles. The Balaban J connectivity index is 0.000000191. The summed E-state index contributed by atoms with van der Waals surface area (Å²) >= 11 is 28.4. The minimum Gasteiger partial charge on any atom is -0.384 e. The summed E-state index contributed by atoms with van der Waals surface area (Å²) in [6.45, 7) is 5.22. The number of anilines is 2. The van der Waals surface area contributed by atoms with E-state index in [2.05, 4.69) is 46.1 Å². The van der Waals surface area contributed by atoms with Gasteiger partial charge in [-0.15, -0.1) is 0 Å². The van der Waals surface area contributed by atoms with Crippen LogP contribution in [0.15, 0.2) is 122 Å². The highest BCUT2D eigenvalue weighted by Crippen LogP contribution is 2.33. The number of nitrogens with one attached hydrogen (secondary N) is 1. The van der Waals surface area contributed by atoms with E-state index in [0.717, 1.165) is 23.3 Å². The summed E-state index contributed by atoms with van der Waals surface area (Å²) in [5.41, 5.74) is 6.24. The Kier molecular flexibility index (Phi) is 16.7. The van der Waals surface area contributed by atoms with E-state index in [0.29, 0.717) is 83.6 Å². The zero-order chi connectivity index (χ0) is 45.0. The molecule has 0 fully saturated rings. The van der Waals surface area contributed by atoms with E-state index >= 15 is 0 Å². The van der Waals surface area contributed by atoms with Crippen molar-refractivity contribution in [1.82, 2.24) is 29.5 Å². The number of pyridine rings is 2. The van der Waals surface area contributed by atoms with Crippen LogP contribution in [-0.2, 0) is 9.47 Å². The number of rotatable bonds is 11. The summed E-state index contributed by atoms with van der Waals surface area (Å²) in [4.78, 5) is 36.7. The molecule has 0 saturated heterocycles. The summed E-state index contributed by atoms with van der Waals surface area (Å²) in [6, 6.07) is 33.2. The SMILES string of the molecule is COCCBr.COCCN(C(=O)c1cnc2c(c(C)nn2-c2ccccc2)c1Cl)c1ccc(Cl)cc1.Cc1nn(-c2ccccc2)c2ncc(C(=O)Nc3ccc(Cl)cc3)c(Cl)c12. The monoisotopic (exact) mass is 988 g/mol. The van der Waals surface area contributed by atoms with Crippen molar-refractivity contribution in [2.45, 2.75) is 13.8 Å². The molecule has 0 saturated carbocycles. The molecule has 0 radical (unpaired) electrons. The molecule has 0 unspecified atom stereocenters. The molecule has 12 nitrogen and oxygen atoms in total. The van der Waals surface area contributed by atoms with E-state index in [9.17, 15) is 9.59 Å². The van der Waals surface area contributed by atoms with Crippen LogP contribution in [0.2, 0.25) is 20.1 Å². The summed E-state index contributed by atoms with van der Waals surface area (Å²) in [7, 11) is 3.27. The van der Waals surface area contributed by atoms with Crippen LogP contribution < -0.4 is 10.2 Å². The molecule has 17 heteroatoms. The standard InChI is InChI=1S/C23H20Cl2N4O2.C20H14Cl2N4O.C3H7BrO/c1-15-20-21(25)19(14-26-22(20)29(27-15)18-6-4-3-5-7-18)23(30)28(12-13-31-2)17-10-8-16(24)9-11-17;1-12-17-18(22)16(20(27)24-14-9-7-13(21)8-10-14)11-23-19(17)26(25-12)15-5-3-2-4-6-15;1-5-3-2-4/h3-11,14H,12-13H2,1-2H3;2-11H,1H3,(H,24,27);2-3H2,1H3. The molecule has 8 rings (SSSR count). The molecule has 8 aromatic rings. The number of alkyl halides is 1. The topological polar surface area (TPSA) is 129 Å². The predicted molar refractivity (Wildman–Crippen MR) is 257 cm³/mol. The number of carbonyl (C=O) groups excluding carboxylic acids is 2. The first-order chi connectivity index (χ1) is 30.5. The van der Waals surface area contributed by atoms with Crippen LogP contribution in [-0.4, -0.2) is 80.7 Å². The fourth-order valence-electron chi connectivity index (χ4n) is 6.33. The second-order valence-corrected chi connectivity index (χ2v) is 16.0. The Morgan fingerprint density at radius 1 is 0.651 bits per heavy atom. The summed E-state index contributed by atoms with van der Waals surface area (Å²) in [5.74, 6) is -0.616.